The third kappa shape index (κ3) is 2.15. The van der Waals surface area contributed by atoms with Gasteiger partial charge in [-0.15, -0.1) is 0 Å². The Balaban J connectivity index is 1.73. The monoisotopic (exact) mass is 290 g/mol. The third-order valence-corrected chi connectivity index (χ3v) is 3.68. The van der Waals surface area contributed by atoms with Crippen molar-refractivity contribution >= 4 is 28.4 Å². The maximum absolute atomic E-state index is 6.01. The maximum atomic E-state index is 6.01. The molecule has 0 unspecified atom stereocenters. The lowest BCUT2D eigenvalue weighted by atomic mass is 10.1. The van der Waals surface area contributed by atoms with Crippen molar-refractivity contribution in [3.63, 3.8) is 0 Å². The Kier molecular flexibility index (Phi) is 2.93. The minimum absolute atomic E-state index is 0.276. The van der Waals surface area contributed by atoms with E-state index in [1.54, 1.807) is 0 Å². The molecule has 4 rings (SSSR count). The van der Waals surface area contributed by atoms with Crippen LogP contribution >= 0.6 is 0 Å². The van der Waals surface area contributed by atoms with Crippen LogP contribution in [0, 0.1) is 0 Å². The number of hydrogen-bond donors (Lipinski definition) is 1. The van der Waals surface area contributed by atoms with Crippen LogP contribution in [-0.2, 0) is 0 Å². The first-order valence-corrected chi connectivity index (χ1v) is 7.02. The molecule has 0 saturated heterocycles. The second kappa shape index (κ2) is 5.07. The Morgan fingerprint density at radius 2 is 1.73 bits per heavy atom. The summed E-state index contributed by atoms with van der Waals surface area (Å²) in [6.45, 7) is 0.276. The first-order chi connectivity index (χ1) is 10.8. The van der Waals surface area contributed by atoms with Crippen LogP contribution < -0.4 is 15.2 Å². The predicted octanol–water partition coefficient (Wildman–Crippen LogP) is 3.90. The predicted molar refractivity (Wildman–Crippen MR) is 88.2 cm³/mol. The molecule has 1 aliphatic rings. The van der Waals surface area contributed by atoms with E-state index in [-0.39, 0.29) is 6.79 Å². The second-order valence-corrected chi connectivity index (χ2v) is 5.09. The number of rotatable bonds is 2. The number of ether oxygens (including phenoxy) is 2. The molecule has 4 heteroatoms. The van der Waals surface area contributed by atoms with E-state index in [0.717, 1.165) is 39.2 Å². The van der Waals surface area contributed by atoms with Crippen molar-refractivity contribution in [3.05, 3.63) is 60.2 Å². The van der Waals surface area contributed by atoms with Gasteiger partial charge in [-0.3, -0.25) is 4.99 Å². The smallest absolute Gasteiger partial charge is 0.231 e. The van der Waals surface area contributed by atoms with Gasteiger partial charge in [-0.1, -0.05) is 24.3 Å². The summed E-state index contributed by atoms with van der Waals surface area (Å²) in [4.78, 5) is 4.59. The van der Waals surface area contributed by atoms with Crippen LogP contribution in [0.4, 0.5) is 11.4 Å². The van der Waals surface area contributed by atoms with Crippen LogP contribution in [0.1, 0.15) is 5.56 Å². The summed E-state index contributed by atoms with van der Waals surface area (Å²) in [5, 5.41) is 2.06. The molecule has 22 heavy (non-hydrogen) atoms. The van der Waals surface area contributed by atoms with E-state index in [9.17, 15) is 0 Å². The minimum Gasteiger partial charge on any atom is -0.454 e. The van der Waals surface area contributed by atoms with Gasteiger partial charge in [-0.05, 0) is 35.9 Å². The molecule has 0 radical (unpaired) electrons. The largest absolute Gasteiger partial charge is 0.454 e. The number of anilines is 1. The number of aliphatic imine (C=N–C) groups is 1. The van der Waals surface area contributed by atoms with Crippen molar-refractivity contribution < 1.29 is 9.47 Å². The lowest BCUT2D eigenvalue weighted by molar-refractivity contribution is 0.174. The van der Waals surface area contributed by atoms with E-state index >= 15 is 0 Å². The molecule has 0 aromatic heterocycles. The lowest BCUT2D eigenvalue weighted by Crippen LogP contribution is -1.92. The lowest BCUT2D eigenvalue weighted by Gasteiger charge is -2.05. The topological polar surface area (TPSA) is 56.8 Å². The normalized spacial score (nSPS) is 13.1. The number of nitrogen functional groups attached to an aromatic ring is 1. The Hall–Kier alpha value is -3.01. The quantitative estimate of drug-likeness (QED) is 0.575. The summed E-state index contributed by atoms with van der Waals surface area (Å²) >= 11 is 0. The molecular weight excluding hydrogens is 276 g/mol. The van der Waals surface area contributed by atoms with Gasteiger partial charge in [0.1, 0.15) is 0 Å². The molecule has 1 aliphatic heterocycles. The Bertz CT molecular complexity index is 887. The van der Waals surface area contributed by atoms with Gasteiger partial charge in [0.2, 0.25) is 6.79 Å². The zero-order chi connectivity index (χ0) is 14.9. The molecule has 4 nitrogen and oxygen atoms in total. The van der Waals surface area contributed by atoms with Crippen LogP contribution in [0.25, 0.3) is 10.8 Å². The van der Waals surface area contributed by atoms with Gasteiger partial charge < -0.3 is 15.2 Å². The fourth-order valence-electron chi connectivity index (χ4n) is 2.56. The van der Waals surface area contributed by atoms with E-state index in [1.807, 2.05) is 60.8 Å². The van der Waals surface area contributed by atoms with Crippen molar-refractivity contribution in [1.29, 1.82) is 0 Å². The molecule has 0 bridgehead atoms. The molecule has 0 aliphatic carbocycles. The maximum Gasteiger partial charge on any atom is 0.231 e. The molecule has 2 N–H and O–H groups in total. The molecule has 3 aromatic carbocycles. The van der Waals surface area contributed by atoms with E-state index < -0.39 is 0 Å². The van der Waals surface area contributed by atoms with Crippen LogP contribution in [0.15, 0.2) is 59.6 Å². The van der Waals surface area contributed by atoms with E-state index in [2.05, 4.69) is 4.99 Å². The fraction of sp³-hybridized carbons (Fsp3) is 0.0556. The highest BCUT2D eigenvalue weighted by Gasteiger charge is 2.12. The summed E-state index contributed by atoms with van der Waals surface area (Å²) in [5.74, 6) is 1.53. The van der Waals surface area contributed by atoms with Crippen molar-refractivity contribution in [2.24, 2.45) is 4.99 Å². The van der Waals surface area contributed by atoms with Gasteiger partial charge in [0.05, 0.1) is 5.69 Å². The van der Waals surface area contributed by atoms with Crippen molar-refractivity contribution in [2.75, 3.05) is 12.5 Å². The third-order valence-electron chi connectivity index (χ3n) is 3.68. The molecule has 3 aromatic rings. The van der Waals surface area contributed by atoms with Crippen LogP contribution in [0.5, 0.6) is 11.5 Å². The van der Waals surface area contributed by atoms with Gasteiger partial charge in [0.25, 0.3) is 0 Å². The first kappa shape index (κ1) is 12.7. The van der Waals surface area contributed by atoms with Gasteiger partial charge >= 0.3 is 0 Å². The minimum atomic E-state index is 0.276. The highest BCUT2D eigenvalue weighted by molar-refractivity contribution is 6.01. The molecule has 108 valence electrons. The van der Waals surface area contributed by atoms with Crippen molar-refractivity contribution in [2.45, 2.75) is 0 Å². The Morgan fingerprint density at radius 3 is 2.64 bits per heavy atom. The average Bonchev–Trinajstić information content (AvgIpc) is 3.02. The van der Waals surface area contributed by atoms with Gasteiger partial charge in [-0.25, -0.2) is 0 Å². The standard InChI is InChI=1S/C18H14N2O2/c19-15-6-7-16(14-4-2-1-3-13(14)15)20-10-12-5-8-17-18(9-12)22-11-21-17/h1-10H,11,19H2/b20-10+. The molecule has 0 amide bonds. The molecule has 0 spiro atoms. The van der Waals surface area contributed by atoms with E-state index in [1.165, 1.54) is 0 Å². The zero-order valence-electron chi connectivity index (χ0n) is 11.8. The number of hydrogen-bond acceptors (Lipinski definition) is 4. The highest BCUT2D eigenvalue weighted by atomic mass is 16.7. The van der Waals surface area contributed by atoms with Crippen LogP contribution in [0.3, 0.4) is 0 Å². The SMILES string of the molecule is Nc1ccc(/N=C/c2ccc3c(c2)OCO3)c2ccccc12. The van der Waals surface area contributed by atoms with Crippen LogP contribution in [-0.4, -0.2) is 13.0 Å². The average molecular weight is 290 g/mol. The molecular formula is C18H14N2O2. The van der Waals surface area contributed by atoms with Gasteiger partial charge in [0.15, 0.2) is 11.5 Å². The molecule has 0 atom stereocenters. The highest BCUT2D eigenvalue weighted by Crippen LogP contribution is 2.33. The molecule has 1 heterocycles. The van der Waals surface area contributed by atoms with Crippen molar-refractivity contribution in [3.8, 4) is 11.5 Å². The summed E-state index contributed by atoms with van der Waals surface area (Å²) in [7, 11) is 0. The number of nitrogens with zero attached hydrogens (tertiary/aromatic N) is 1. The number of fused-ring (bicyclic) bond motifs is 2. The Morgan fingerprint density at radius 1 is 0.909 bits per heavy atom. The van der Waals surface area contributed by atoms with Crippen LogP contribution in [0.2, 0.25) is 0 Å². The first-order valence-electron chi connectivity index (χ1n) is 7.02. The summed E-state index contributed by atoms with van der Waals surface area (Å²) in [6.07, 6.45) is 1.82. The van der Waals surface area contributed by atoms with E-state index in [0.29, 0.717) is 0 Å². The number of benzene rings is 3. The summed E-state index contributed by atoms with van der Waals surface area (Å²) in [5.41, 5.74) is 8.63. The fourth-order valence-corrected chi connectivity index (χ4v) is 2.56. The van der Waals surface area contributed by atoms with E-state index in [4.69, 9.17) is 15.2 Å². The molecule has 0 saturated carbocycles. The number of nitrogens with two attached hydrogens (primary N) is 1. The molecule has 0 fully saturated rings. The zero-order valence-corrected chi connectivity index (χ0v) is 11.8. The summed E-state index contributed by atoms with van der Waals surface area (Å²) in [6, 6.07) is 17.6. The van der Waals surface area contributed by atoms with Gasteiger partial charge in [-0.2, -0.15) is 0 Å². The Labute approximate surface area is 127 Å². The van der Waals surface area contributed by atoms with Crippen molar-refractivity contribution in [1.82, 2.24) is 0 Å². The summed E-state index contributed by atoms with van der Waals surface area (Å²) < 4.78 is 10.7. The van der Waals surface area contributed by atoms with Gasteiger partial charge in [0, 0.05) is 22.7 Å². The second-order valence-electron chi connectivity index (χ2n) is 5.09.